The van der Waals surface area contributed by atoms with Gasteiger partial charge in [0.05, 0.1) is 18.8 Å². The minimum absolute atomic E-state index is 0.000551. The molecule has 0 saturated carbocycles. The number of hydrogen-bond acceptors (Lipinski definition) is 8. The van der Waals surface area contributed by atoms with Crippen LogP contribution in [-0.4, -0.2) is 77.8 Å². The molecule has 2 N–H and O–H groups in total. The van der Waals surface area contributed by atoms with E-state index in [0.29, 0.717) is 11.7 Å². The van der Waals surface area contributed by atoms with E-state index in [-0.39, 0.29) is 18.8 Å². The summed E-state index contributed by atoms with van der Waals surface area (Å²) < 4.78 is 18.1. The second kappa shape index (κ2) is 13.9. The van der Waals surface area contributed by atoms with Gasteiger partial charge in [0.25, 0.3) is 5.91 Å². The number of aliphatic hydroxyl groups excluding tert-OH is 1. The predicted molar refractivity (Wildman–Crippen MR) is 155 cm³/mol. The Hall–Kier alpha value is -2.82. The summed E-state index contributed by atoms with van der Waals surface area (Å²) in [5, 5.41) is 12.3. The largest absolute Gasteiger partial charge is 0.453 e. The van der Waals surface area contributed by atoms with Crippen molar-refractivity contribution in [2.24, 2.45) is 0 Å². The van der Waals surface area contributed by atoms with Crippen LogP contribution in [0.25, 0.3) is 0 Å². The van der Waals surface area contributed by atoms with Gasteiger partial charge in [0, 0.05) is 43.7 Å². The second-order valence-corrected chi connectivity index (χ2v) is 11.5. The van der Waals surface area contributed by atoms with Gasteiger partial charge >= 0.3 is 5.97 Å². The Morgan fingerprint density at radius 2 is 1.68 bits per heavy atom. The second-order valence-electron chi connectivity index (χ2n) is 11.5. The summed E-state index contributed by atoms with van der Waals surface area (Å²) in [4.78, 5) is 28.8. The molecule has 9 heteroatoms. The van der Waals surface area contributed by atoms with Gasteiger partial charge in [0.1, 0.15) is 0 Å². The first-order valence-electron chi connectivity index (χ1n) is 14.9. The van der Waals surface area contributed by atoms with Crippen LogP contribution in [0, 0.1) is 0 Å². The standard InChI is InChI=1S/C32H43N3O6/c1-22(39-23(2)37)31(38)33-27-13-11-26(12-14-27)32-40-29(18-30(41-32)25-9-7-24(21-36)8-10-25)20-35-17-5-6-28(35)19-34-15-3-4-16-34/h7-14,22,28-30,32,36H,3-6,15-21H2,1-2H3,(H,33,38)/t22-,28-,29-,30+,32+/m0/s1. The van der Waals surface area contributed by atoms with Gasteiger partial charge in [0.2, 0.25) is 0 Å². The van der Waals surface area contributed by atoms with Crippen LogP contribution >= 0.6 is 0 Å². The predicted octanol–water partition coefficient (Wildman–Crippen LogP) is 4.17. The highest BCUT2D eigenvalue weighted by Gasteiger charge is 2.36. The van der Waals surface area contributed by atoms with Gasteiger partial charge in [-0.05, 0) is 75.5 Å². The van der Waals surface area contributed by atoms with Crippen LogP contribution in [0.1, 0.15) is 75.0 Å². The molecule has 9 nitrogen and oxygen atoms in total. The molecule has 0 aliphatic carbocycles. The lowest BCUT2D eigenvalue weighted by atomic mass is 9.99. The fourth-order valence-corrected chi connectivity index (χ4v) is 6.17. The summed E-state index contributed by atoms with van der Waals surface area (Å²) in [5.41, 5.74) is 3.41. The normalized spacial score (nSPS) is 26.1. The maximum Gasteiger partial charge on any atom is 0.303 e. The van der Waals surface area contributed by atoms with E-state index in [1.54, 1.807) is 0 Å². The molecule has 0 bridgehead atoms. The topological polar surface area (TPSA) is 101 Å². The number of nitrogens with zero attached hydrogens (tertiary/aromatic N) is 2. The number of nitrogens with one attached hydrogen (secondary N) is 1. The molecule has 5 atom stereocenters. The van der Waals surface area contributed by atoms with E-state index in [0.717, 1.165) is 42.7 Å². The van der Waals surface area contributed by atoms with Gasteiger partial charge in [-0.1, -0.05) is 36.4 Å². The van der Waals surface area contributed by atoms with Crippen molar-refractivity contribution in [3.05, 3.63) is 65.2 Å². The van der Waals surface area contributed by atoms with Gasteiger partial charge < -0.3 is 29.5 Å². The van der Waals surface area contributed by atoms with Crippen LogP contribution < -0.4 is 5.32 Å². The first-order valence-corrected chi connectivity index (χ1v) is 14.9. The number of likely N-dealkylation sites (tertiary alicyclic amines) is 2. The summed E-state index contributed by atoms with van der Waals surface area (Å²) in [5.74, 6) is -0.889. The molecule has 3 fully saturated rings. The average molecular weight is 566 g/mol. The van der Waals surface area contributed by atoms with Crippen molar-refractivity contribution in [1.82, 2.24) is 9.80 Å². The van der Waals surface area contributed by atoms with E-state index >= 15 is 0 Å². The van der Waals surface area contributed by atoms with Crippen molar-refractivity contribution in [3.8, 4) is 0 Å². The number of benzene rings is 2. The molecule has 0 spiro atoms. The fraction of sp³-hybridized carbons (Fsp3) is 0.562. The Balaban J connectivity index is 1.28. The van der Waals surface area contributed by atoms with E-state index in [4.69, 9.17) is 14.2 Å². The summed E-state index contributed by atoms with van der Waals surface area (Å²) in [7, 11) is 0. The number of carbonyl (C=O) groups excluding carboxylic acids is 2. The Morgan fingerprint density at radius 3 is 2.37 bits per heavy atom. The quantitative estimate of drug-likeness (QED) is 0.414. The van der Waals surface area contributed by atoms with Crippen LogP contribution in [0.5, 0.6) is 0 Å². The lowest BCUT2D eigenvalue weighted by Crippen LogP contribution is -2.45. The molecule has 5 rings (SSSR count). The molecule has 3 aliphatic heterocycles. The number of amides is 1. The maximum atomic E-state index is 12.4. The van der Waals surface area contributed by atoms with E-state index in [9.17, 15) is 14.7 Å². The number of hydrogen-bond donors (Lipinski definition) is 2. The highest BCUT2D eigenvalue weighted by molar-refractivity contribution is 5.94. The third-order valence-corrected chi connectivity index (χ3v) is 8.38. The van der Waals surface area contributed by atoms with Crippen molar-refractivity contribution in [3.63, 3.8) is 0 Å². The summed E-state index contributed by atoms with van der Waals surface area (Å²) in [6, 6.07) is 15.9. The molecule has 41 heavy (non-hydrogen) atoms. The van der Waals surface area contributed by atoms with Gasteiger partial charge in [0.15, 0.2) is 12.4 Å². The molecule has 222 valence electrons. The van der Waals surface area contributed by atoms with Crippen molar-refractivity contribution in [2.45, 2.75) is 83.2 Å². The molecular formula is C32H43N3O6. The third kappa shape index (κ3) is 7.93. The molecule has 2 aromatic carbocycles. The SMILES string of the molecule is CC(=O)O[C@@H](C)C(=O)Nc1ccc([C@@H]2O[C@H](CN3CCC[C@H]3CN3CCCC3)C[C@H](c3ccc(CO)cc3)O2)cc1. The molecule has 0 unspecified atom stereocenters. The zero-order valence-electron chi connectivity index (χ0n) is 24.2. The Labute approximate surface area is 242 Å². The van der Waals surface area contributed by atoms with Crippen molar-refractivity contribution in [2.75, 3.05) is 38.0 Å². The number of anilines is 1. The zero-order valence-corrected chi connectivity index (χ0v) is 24.2. The summed E-state index contributed by atoms with van der Waals surface area (Å²) in [6.07, 6.45) is 4.25. The van der Waals surface area contributed by atoms with Gasteiger partial charge in [-0.25, -0.2) is 0 Å². The van der Waals surface area contributed by atoms with E-state index in [1.807, 2.05) is 48.5 Å². The number of rotatable bonds is 10. The smallest absolute Gasteiger partial charge is 0.303 e. The average Bonchev–Trinajstić information content (AvgIpc) is 3.65. The van der Waals surface area contributed by atoms with E-state index < -0.39 is 24.3 Å². The Morgan fingerprint density at radius 1 is 0.976 bits per heavy atom. The highest BCUT2D eigenvalue weighted by atomic mass is 16.7. The maximum absolute atomic E-state index is 12.4. The molecule has 2 aromatic rings. The number of ether oxygens (including phenoxy) is 3. The highest BCUT2D eigenvalue weighted by Crippen LogP contribution is 2.39. The van der Waals surface area contributed by atoms with E-state index in [2.05, 4.69) is 15.1 Å². The van der Waals surface area contributed by atoms with Crippen molar-refractivity contribution < 1.29 is 28.9 Å². The molecule has 3 heterocycles. The molecule has 1 amide bonds. The zero-order chi connectivity index (χ0) is 28.8. The van der Waals surface area contributed by atoms with Gasteiger partial charge in [-0.15, -0.1) is 0 Å². The Bertz CT molecular complexity index is 1150. The first-order chi connectivity index (χ1) is 19.9. The summed E-state index contributed by atoms with van der Waals surface area (Å²) in [6.45, 7) is 8.36. The number of esters is 1. The first kappa shape index (κ1) is 29.7. The minimum atomic E-state index is -0.879. The van der Waals surface area contributed by atoms with Gasteiger partial charge in [-0.3, -0.25) is 14.5 Å². The molecule has 3 saturated heterocycles. The van der Waals surface area contributed by atoms with Gasteiger partial charge in [-0.2, -0.15) is 0 Å². The summed E-state index contributed by atoms with van der Waals surface area (Å²) >= 11 is 0. The molecule has 0 aromatic heterocycles. The van der Waals surface area contributed by atoms with Crippen molar-refractivity contribution in [1.29, 1.82) is 0 Å². The van der Waals surface area contributed by atoms with Crippen LogP contribution in [0.3, 0.4) is 0 Å². The van der Waals surface area contributed by atoms with Crippen molar-refractivity contribution >= 4 is 17.6 Å². The molecular weight excluding hydrogens is 522 g/mol. The minimum Gasteiger partial charge on any atom is -0.453 e. The lowest BCUT2D eigenvalue weighted by molar-refractivity contribution is -0.253. The van der Waals surface area contributed by atoms with Crippen LogP contribution in [0.2, 0.25) is 0 Å². The molecule has 3 aliphatic rings. The third-order valence-electron chi connectivity index (χ3n) is 8.38. The monoisotopic (exact) mass is 565 g/mol. The fourth-order valence-electron chi connectivity index (χ4n) is 6.17. The van der Waals surface area contributed by atoms with Crippen LogP contribution in [-0.2, 0) is 30.4 Å². The van der Waals surface area contributed by atoms with Crippen LogP contribution in [0.15, 0.2) is 48.5 Å². The van der Waals surface area contributed by atoms with Crippen LogP contribution in [0.4, 0.5) is 5.69 Å². The number of aliphatic hydroxyl groups is 1. The lowest BCUT2D eigenvalue weighted by Gasteiger charge is -2.39. The van der Waals surface area contributed by atoms with E-state index in [1.165, 1.54) is 52.6 Å². The Kier molecular flexibility index (Phi) is 10.1. The molecule has 0 radical (unpaired) electrons. The number of carbonyl (C=O) groups is 2.